The average Bonchev–Trinajstić information content (AvgIpc) is 3.27. The summed E-state index contributed by atoms with van der Waals surface area (Å²) in [6.07, 6.45) is -9.48. The molecule has 0 amide bonds. The van der Waals surface area contributed by atoms with Crippen LogP contribution in [0.25, 0.3) is 16.8 Å². The van der Waals surface area contributed by atoms with Gasteiger partial charge in [0.1, 0.15) is 18.1 Å². The van der Waals surface area contributed by atoms with Gasteiger partial charge in [-0.2, -0.15) is 31.4 Å². The summed E-state index contributed by atoms with van der Waals surface area (Å²) in [6, 6.07) is 16.5. The van der Waals surface area contributed by atoms with Gasteiger partial charge in [0.05, 0.1) is 28.1 Å². The Labute approximate surface area is 219 Å². The zero-order chi connectivity index (χ0) is 27.7. The van der Waals surface area contributed by atoms with Crippen molar-refractivity contribution in [1.29, 1.82) is 0 Å². The van der Waals surface area contributed by atoms with Crippen LogP contribution in [-0.4, -0.2) is 15.9 Å². The molecule has 1 heterocycles. The summed E-state index contributed by atoms with van der Waals surface area (Å²) in [7, 11) is 0. The van der Waals surface area contributed by atoms with Crippen LogP contribution in [-0.2, 0) is 19.0 Å². The number of rotatable bonds is 7. The van der Waals surface area contributed by atoms with Gasteiger partial charge >= 0.3 is 12.4 Å². The van der Waals surface area contributed by atoms with E-state index in [1.165, 1.54) is 30.3 Å². The van der Waals surface area contributed by atoms with Crippen LogP contribution >= 0.6 is 11.6 Å². The molecule has 4 rings (SSSR count). The van der Waals surface area contributed by atoms with Crippen molar-refractivity contribution in [2.45, 2.75) is 38.9 Å². The maximum absolute atomic E-state index is 13.3. The summed E-state index contributed by atoms with van der Waals surface area (Å²) in [5.41, 5.74) is -0.891. The van der Waals surface area contributed by atoms with E-state index >= 15 is 0 Å². The van der Waals surface area contributed by atoms with Crippen molar-refractivity contribution in [2.75, 3.05) is 0 Å². The van der Waals surface area contributed by atoms with E-state index in [2.05, 4.69) is 5.10 Å². The summed E-state index contributed by atoms with van der Waals surface area (Å²) in [5, 5.41) is 3.87. The number of benzene rings is 3. The van der Waals surface area contributed by atoms with Crippen molar-refractivity contribution < 1.29 is 35.8 Å². The number of para-hydroxylation sites is 1. The molecule has 0 aliphatic rings. The van der Waals surface area contributed by atoms with Gasteiger partial charge in [0.25, 0.3) is 0 Å². The molecule has 4 nitrogen and oxygen atoms in total. The van der Waals surface area contributed by atoms with Crippen molar-refractivity contribution in [3.05, 3.63) is 94.8 Å². The lowest BCUT2D eigenvalue weighted by molar-refractivity contribution is -0.141. The zero-order valence-corrected chi connectivity index (χ0v) is 20.8. The van der Waals surface area contributed by atoms with E-state index in [9.17, 15) is 26.3 Å². The summed E-state index contributed by atoms with van der Waals surface area (Å²) < 4.78 is 92.4. The Morgan fingerprint density at radius 2 is 1.55 bits per heavy atom. The largest absolute Gasteiger partial charge is 0.490 e. The lowest BCUT2D eigenvalue weighted by Gasteiger charge is -2.17. The predicted octanol–water partition coefficient (Wildman–Crippen LogP) is 8.60. The normalized spacial score (nSPS) is 12.2. The summed E-state index contributed by atoms with van der Waals surface area (Å²) in [5.74, 6) is 0.567. The zero-order valence-electron chi connectivity index (χ0n) is 20.1. The second-order valence-electron chi connectivity index (χ2n) is 8.57. The fourth-order valence-corrected chi connectivity index (χ4v) is 3.89. The van der Waals surface area contributed by atoms with Crippen LogP contribution in [0.2, 0.25) is 5.02 Å². The smallest absolute Gasteiger partial charge is 0.435 e. The first kappa shape index (κ1) is 27.4. The number of nitrogens with zero attached hydrogens (tertiary/aromatic N) is 2. The Morgan fingerprint density at radius 1 is 0.868 bits per heavy atom. The standard InChI is InChI=1S/C27H21ClF6N2O2/c1-16(2)38-24-12-9-18(26(29,30)31)13-21(24)17-7-10-20(11-8-17)37-15-19-14-25(27(32,33)34)35-36(19)23-6-4-3-5-22(23)28/h3-14,16H,15H2,1-2H3. The fraction of sp³-hybridized carbons (Fsp3) is 0.222. The molecule has 0 bridgehead atoms. The van der Waals surface area contributed by atoms with Gasteiger partial charge in [-0.3, -0.25) is 0 Å². The molecule has 0 saturated heterocycles. The molecule has 38 heavy (non-hydrogen) atoms. The van der Waals surface area contributed by atoms with E-state index < -0.39 is 23.6 Å². The highest BCUT2D eigenvalue weighted by Crippen LogP contribution is 2.38. The highest BCUT2D eigenvalue weighted by molar-refractivity contribution is 6.32. The van der Waals surface area contributed by atoms with E-state index in [-0.39, 0.29) is 46.2 Å². The molecule has 0 unspecified atom stereocenters. The molecule has 0 spiro atoms. The molecule has 0 aliphatic carbocycles. The molecule has 11 heteroatoms. The lowest BCUT2D eigenvalue weighted by Crippen LogP contribution is -2.09. The number of aromatic nitrogens is 2. The van der Waals surface area contributed by atoms with E-state index in [0.717, 1.165) is 22.9 Å². The molecule has 0 radical (unpaired) electrons. The maximum Gasteiger partial charge on any atom is 0.435 e. The van der Waals surface area contributed by atoms with Gasteiger partial charge in [0, 0.05) is 5.56 Å². The Balaban J connectivity index is 1.61. The van der Waals surface area contributed by atoms with Gasteiger partial charge in [0.2, 0.25) is 0 Å². The van der Waals surface area contributed by atoms with Crippen LogP contribution < -0.4 is 9.47 Å². The molecule has 3 aromatic carbocycles. The summed E-state index contributed by atoms with van der Waals surface area (Å²) >= 11 is 6.17. The average molecular weight is 555 g/mol. The van der Waals surface area contributed by atoms with Gasteiger partial charge < -0.3 is 9.47 Å². The van der Waals surface area contributed by atoms with Crippen molar-refractivity contribution in [3.8, 4) is 28.3 Å². The maximum atomic E-state index is 13.3. The minimum atomic E-state index is -4.68. The molecule has 0 N–H and O–H groups in total. The first-order chi connectivity index (χ1) is 17.8. The molecule has 200 valence electrons. The second kappa shape index (κ2) is 10.6. The molecule has 0 fully saturated rings. The Bertz CT molecular complexity index is 1410. The summed E-state index contributed by atoms with van der Waals surface area (Å²) in [4.78, 5) is 0. The third-order valence-corrected chi connectivity index (χ3v) is 5.70. The number of hydrogen-bond acceptors (Lipinski definition) is 3. The Hall–Kier alpha value is -3.66. The summed E-state index contributed by atoms with van der Waals surface area (Å²) in [6.45, 7) is 3.24. The minimum Gasteiger partial charge on any atom is -0.490 e. The van der Waals surface area contributed by atoms with E-state index in [0.29, 0.717) is 5.56 Å². The van der Waals surface area contributed by atoms with Gasteiger partial charge in [-0.25, -0.2) is 4.68 Å². The first-order valence-corrected chi connectivity index (χ1v) is 11.7. The SMILES string of the molecule is CC(C)Oc1ccc(C(F)(F)F)cc1-c1ccc(OCc2cc(C(F)(F)F)nn2-c2ccccc2Cl)cc1. The number of ether oxygens (including phenoxy) is 2. The van der Waals surface area contributed by atoms with Crippen LogP contribution in [0, 0.1) is 0 Å². The van der Waals surface area contributed by atoms with Gasteiger partial charge in [-0.05, 0) is 67.9 Å². The van der Waals surface area contributed by atoms with Crippen LogP contribution in [0.5, 0.6) is 11.5 Å². The molecular formula is C27H21ClF6N2O2. The monoisotopic (exact) mass is 554 g/mol. The van der Waals surface area contributed by atoms with Crippen LogP contribution in [0.1, 0.15) is 30.8 Å². The first-order valence-electron chi connectivity index (χ1n) is 11.3. The fourth-order valence-electron chi connectivity index (χ4n) is 3.67. The minimum absolute atomic E-state index is 0.0972. The molecular weight excluding hydrogens is 534 g/mol. The van der Waals surface area contributed by atoms with Gasteiger partial charge in [-0.1, -0.05) is 35.9 Å². The Morgan fingerprint density at radius 3 is 2.16 bits per heavy atom. The van der Waals surface area contributed by atoms with E-state index in [1.807, 2.05) is 0 Å². The van der Waals surface area contributed by atoms with Gasteiger partial charge in [0.15, 0.2) is 5.69 Å². The van der Waals surface area contributed by atoms with Crippen molar-refractivity contribution >= 4 is 11.6 Å². The number of alkyl halides is 6. The predicted molar refractivity (Wildman–Crippen MR) is 131 cm³/mol. The highest BCUT2D eigenvalue weighted by atomic mass is 35.5. The third-order valence-electron chi connectivity index (χ3n) is 5.38. The number of hydrogen-bond donors (Lipinski definition) is 0. The van der Waals surface area contributed by atoms with Gasteiger partial charge in [-0.15, -0.1) is 0 Å². The van der Waals surface area contributed by atoms with E-state index in [1.54, 1.807) is 38.1 Å². The van der Waals surface area contributed by atoms with Crippen molar-refractivity contribution in [2.24, 2.45) is 0 Å². The van der Waals surface area contributed by atoms with Crippen molar-refractivity contribution in [1.82, 2.24) is 9.78 Å². The van der Waals surface area contributed by atoms with Crippen LogP contribution in [0.3, 0.4) is 0 Å². The molecule has 1 aromatic heterocycles. The lowest BCUT2D eigenvalue weighted by atomic mass is 10.0. The highest BCUT2D eigenvalue weighted by Gasteiger charge is 2.35. The van der Waals surface area contributed by atoms with Crippen LogP contribution in [0.15, 0.2) is 72.8 Å². The van der Waals surface area contributed by atoms with Crippen molar-refractivity contribution in [3.63, 3.8) is 0 Å². The van der Waals surface area contributed by atoms with Crippen LogP contribution in [0.4, 0.5) is 26.3 Å². The Kier molecular flexibility index (Phi) is 7.64. The molecule has 0 atom stereocenters. The molecule has 4 aromatic rings. The third kappa shape index (κ3) is 6.24. The molecule has 0 aliphatic heterocycles. The number of halogens is 7. The quantitative estimate of drug-likeness (QED) is 0.215. The second-order valence-corrected chi connectivity index (χ2v) is 8.98. The molecule has 0 saturated carbocycles. The topological polar surface area (TPSA) is 36.3 Å². The van der Waals surface area contributed by atoms with E-state index in [4.69, 9.17) is 21.1 Å².